The van der Waals surface area contributed by atoms with Gasteiger partial charge in [0.05, 0.1) is 12.6 Å². The van der Waals surface area contributed by atoms with Gasteiger partial charge < -0.3 is 10.4 Å². The molecule has 1 unspecified atom stereocenters. The molecule has 1 atom stereocenters. The highest BCUT2D eigenvalue weighted by Crippen LogP contribution is 2.27. The predicted octanol–water partition coefficient (Wildman–Crippen LogP) is 4.25. The standard InChI is InChI=1S/C14H13BrClNO/c15-13-7-2-1-6-12(13)14(9-18)17-11-5-3-4-10(16)8-11/h1-8,14,17-18H,9H2. The van der Waals surface area contributed by atoms with Gasteiger partial charge in [0.15, 0.2) is 0 Å². The molecule has 0 aliphatic rings. The van der Waals surface area contributed by atoms with Gasteiger partial charge in [-0.3, -0.25) is 0 Å². The third-order valence-electron chi connectivity index (χ3n) is 2.63. The minimum Gasteiger partial charge on any atom is -0.394 e. The molecule has 0 amide bonds. The maximum Gasteiger partial charge on any atom is 0.0755 e. The minimum atomic E-state index is -0.168. The second-order valence-electron chi connectivity index (χ2n) is 3.91. The van der Waals surface area contributed by atoms with Crippen LogP contribution in [0.25, 0.3) is 0 Å². The number of benzene rings is 2. The summed E-state index contributed by atoms with van der Waals surface area (Å²) in [6, 6.07) is 15.1. The zero-order valence-corrected chi connectivity index (χ0v) is 11.9. The van der Waals surface area contributed by atoms with Crippen molar-refractivity contribution in [2.45, 2.75) is 6.04 Å². The molecule has 0 radical (unpaired) electrons. The molecule has 2 rings (SSSR count). The fraction of sp³-hybridized carbons (Fsp3) is 0.143. The smallest absolute Gasteiger partial charge is 0.0755 e. The van der Waals surface area contributed by atoms with Gasteiger partial charge in [-0.25, -0.2) is 0 Å². The lowest BCUT2D eigenvalue weighted by molar-refractivity contribution is 0.276. The predicted molar refractivity (Wildman–Crippen MR) is 79.0 cm³/mol. The average molecular weight is 327 g/mol. The molecule has 0 fully saturated rings. The van der Waals surface area contributed by atoms with E-state index in [2.05, 4.69) is 21.2 Å². The van der Waals surface area contributed by atoms with E-state index < -0.39 is 0 Å². The van der Waals surface area contributed by atoms with Crippen molar-refractivity contribution >= 4 is 33.2 Å². The van der Waals surface area contributed by atoms with Crippen molar-refractivity contribution in [1.29, 1.82) is 0 Å². The Hall–Kier alpha value is -1.03. The molecule has 2 aromatic carbocycles. The van der Waals surface area contributed by atoms with Crippen molar-refractivity contribution < 1.29 is 5.11 Å². The highest BCUT2D eigenvalue weighted by molar-refractivity contribution is 9.10. The Balaban J connectivity index is 2.23. The van der Waals surface area contributed by atoms with Crippen LogP contribution in [0.15, 0.2) is 53.0 Å². The molecule has 2 N–H and O–H groups in total. The number of nitrogens with one attached hydrogen (secondary N) is 1. The van der Waals surface area contributed by atoms with Crippen molar-refractivity contribution in [2.75, 3.05) is 11.9 Å². The maximum absolute atomic E-state index is 9.52. The summed E-state index contributed by atoms with van der Waals surface area (Å²) in [5, 5.41) is 13.5. The summed E-state index contributed by atoms with van der Waals surface area (Å²) in [6.07, 6.45) is 0. The monoisotopic (exact) mass is 325 g/mol. The molecule has 2 aromatic rings. The fourth-order valence-electron chi connectivity index (χ4n) is 1.76. The lowest BCUT2D eigenvalue weighted by atomic mass is 10.1. The summed E-state index contributed by atoms with van der Waals surface area (Å²) >= 11 is 9.43. The van der Waals surface area contributed by atoms with E-state index in [0.29, 0.717) is 5.02 Å². The van der Waals surface area contributed by atoms with Crippen LogP contribution in [0.4, 0.5) is 5.69 Å². The molecule has 0 spiro atoms. The zero-order chi connectivity index (χ0) is 13.0. The lowest BCUT2D eigenvalue weighted by Gasteiger charge is -2.19. The van der Waals surface area contributed by atoms with Gasteiger partial charge in [0.2, 0.25) is 0 Å². The van der Waals surface area contributed by atoms with Crippen molar-refractivity contribution in [3.05, 3.63) is 63.6 Å². The molecular formula is C14H13BrClNO. The maximum atomic E-state index is 9.52. The number of aliphatic hydroxyl groups is 1. The average Bonchev–Trinajstić information content (AvgIpc) is 2.37. The Morgan fingerprint density at radius 2 is 1.94 bits per heavy atom. The summed E-state index contributed by atoms with van der Waals surface area (Å²) in [5.74, 6) is 0. The summed E-state index contributed by atoms with van der Waals surface area (Å²) in [4.78, 5) is 0. The highest BCUT2D eigenvalue weighted by Gasteiger charge is 2.12. The Labute approximate surface area is 120 Å². The van der Waals surface area contributed by atoms with E-state index in [9.17, 15) is 5.11 Å². The van der Waals surface area contributed by atoms with Gasteiger partial charge in [0, 0.05) is 15.2 Å². The topological polar surface area (TPSA) is 32.3 Å². The van der Waals surface area contributed by atoms with Crippen LogP contribution < -0.4 is 5.32 Å². The highest BCUT2D eigenvalue weighted by atomic mass is 79.9. The summed E-state index contributed by atoms with van der Waals surface area (Å²) in [5.41, 5.74) is 1.90. The third kappa shape index (κ3) is 3.25. The van der Waals surface area contributed by atoms with E-state index in [4.69, 9.17) is 11.6 Å². The van der Waals surface area contributed by atoms with E-state index in [1.54, 1.807) is 0 Å². The van der Waals surface area contributed by atoms with Gasteiger partial charge in [0.1, 0.15) is 0 Å². The van der Waals surface area contributed by atoms with Crippen molar-refractivity contribution in [1.82, 2.24) is 0 Å². The van der Waals surface area contributed by atoms with E-state index in [-0.39, 0.29) is 12.6 Å². The van der Waals surface area contributed by atoms with Crippen LogP contribution in [0.3, 0.4) is 0 Å². The number of anilines is 1. The molecule has 0 heterocycles. The van der Waals surface area contributed by atoms with Gasteiger partial charge >= 0.3 is 0 Å². The molecule has 0 aliphatic carbocycles. The van der Waals surface area contributed by atoms with Gasteiger partial charge in [0.25, 0.3) is 0 Å². The second-order valence-corrected chi connectivity index (χ2v) is 5.20. The summed E-state index contributed by atoms with van der Waals surface area (Å²) < 4.78 is 0.971. The SMILES string of the molecule is OCC(Nc1cccc(Cl)c1)c1ccccc1Br. The van der Waals surface area contributed by atoms with Crippen molar-refractivity contribution in [3.63, 3.8) is 0 Å². The third-order valence-corrected chi connectivity index (χ3v) is 3.59. The first kappa shape index (κ1) is 13.4. The van der Waals surface area contributed by atoms with E-state index in [1.165, 1.54) is 0 Å². The van der Waals surface area contributed by atoms with Crippen LogP contribution >= 0.6 is 27.5 Å². The number of hydrogen-bond donors (Lipinski definition) is 2. The van der Waals surface area contributed by atoms with E-state index in [1.807, 2.05) is 48.5 Å². The first-order valence-electron chi connectivity index (χ1n) is 5.58. The minimum absolute atomic E-state index is 0.00905. The second kappa shape index (κ2) is 6.23. The molecular weight excluding hydrogens is 314 g/mol. The Morgan fingerprint density at radius 1 is 1.17 bits per heavy atom. The van der Waals surface area contributed by atoms with Crippen LogP contribution in [-0.2, 0) is 0 Å². The van der Waals surface area contributed by atoms with Crippen LogP contribution in [0, 0.1) is 0 Å². The quantitative estimate of drug-likeness (QED) is 0.880. The van der Waals surface area contributed by atoms with Crippen LogP contribution in [0.1, 0.15) is 11.6 Å². The zero-order valence-electron chi connectivity index (χ0n) is 9.61. The largest absolute Gasteiger partial charge is 0.394 e. The summed E-state index contributed by atoms with van der Waals surface area (Å²) in [7, 11) is 0. The number of rotatable bonds is 4. The first-order chi connectivity index (χ1) is 8.70. The van der Waals surface area contributed by atoms with Gasteiger partial charge in [-0.1, -0.05) is 51.8 Å². The molecule has 2 nitrogen and oxygen atoms in total. The summed E-state index contributed by atoms with van der Waals surface area (Å²) in [6.45, 7) is 0.00905. The van der Waals surface area contributed by atoms with Gasteiger partial charge in [-0.15, -0.1) is 0 Å². The number of hydrogen-bond acceptors (Lipinski definition) is 2. The van der Waals surface area contributed by atoms with Crippen molar-refractivity contribution in [3.8, 4) is 0 Å². The molecule has 0 aliphatic heterocycles. The number of aliphatic hydroxyl groups excluding tert-OH is 1. The molecule has 94 valence electrons. The van der Waals surface area contributed by atoms with Crippen LogP contribution in [0.5, 0.6) is 0 Å². The molecule has 4 heteroatoms. The molecule has 18 heavy (non-hydrogen) atoms. The molecule has 0 saturated carbocycles. The normalized spacial score (nSPS) is 12.2. The Kier molecular flexibility index (Phi) is 4.64. The van der Waals surface area contributed by atoms with E-state index in [0.717, 1.165) is 15.7 Å². The molecule has 0 aromatic heterocycles. The molecule has 0 bridgehead atoms. The van der Waals surface area contributed by atoms with Gasteiger partial charge in [-0.2, -0.15) is 0 Å². The fourth-order valence-corrected chi connectivity index (χ4v) is 2.51. The number of halogens is 2. The lowest BCUT2D eigenvalue weighted by Crippen LogP contribution is -2.15. The van der Waals surface area contributed by atoms with Crippen molar-refractivity contribution in [2.24, 2.45) is 0 Å². The first-order valence-corrected chi connectivity index (χ1v) is 6.75. The van der Waals surface area contributed by atoms with Gasteiger partial charge in [-0.05, 0) is 29.8 Å². The van der Waals surface area contributed by atoms with Crippen LogP contribution in [0.2, 0.25) is 5.02 Å². The Morgan fingerprint density at radius 3 is 2.61 bits per heavy atom. The molecule has 0 saturated heterocycles. The Bertz CT molecular complexity index is 533. The van der Waals surface area contributed by atoms with Crippen LogP contribution in [-0.4, -0.2) is 11.7 Å². The van der Waals surface area contributed by atoms with E-state index >= 15 is 0 Å².